The maximum atomic E-state index is 12.0. The minimum Gasteiger partial charge on any atom is -0.382 e. The van der Waals surface area contributed by atoms with Gasteiger partial charge in [0, 0.05) is 18.5 Å². The SMILES string of the molecule is Nc1nscc1C(=O)NCCN1CCC(c2ccccc2)CC1. The summed E-state index contributed by atoms with van der Waals surface area (Å²) in [4.78, 5) is 14.4. The summed E-state index contributed by atoms with van der Waals surface area (Å²) in [6, 6.07) is 10.7. The van der Waals surface area contributed by atoms with E-state index in [1.807, 2.05) is 0 Å². The number of piperidine rings is 1. The molecule has 122 valence electrons. The predicted molar refractivity (Wildman–Crippen MR) is 93.7 cm³/mol. The number of aromatic nitrogens is 1. The Kier molecular flexibility index (Phi) is 5.25. The van der Waals surface area contributed by atoms with E-state index in [0.29, 0.717) is 23.8 Å². The summed E-state index contributed by atoms with van der Waals surface area (Å²) in [6.07, 6.45) is 2.36. The van der Waals surface area contributed by atoms with E-state index in [4.69, 9.17) is 5.73 Å². The molecular formula is C17H22N4OS. The minimum absolute atomic E-state index is 0.129. The summed E-state index contributed by atoms with van der Waals surface area (Å²) in [7, 11) is 0. The lowest BCUT2D eigenvalue weighted by Crippen LogP contribution is -2.39. The second-order valence-electron chi connectivity index (χ2n) is 5.90. The van der Waals surface area contributed by atoms with E-state index < -0.39 is 0 Å². The summed E-state index contributed by atoms with van der Waals surface area (Å²) in [5.41, 5.74) is 7.58. The van der Waals surface area contributed by atoms with Crippen molar-refractivity contribution in [3.63, 3.8) is 0 Å². The molecule has 3 N–H and O–H groups in total. The Labute approximate surface area is 140 Å². The molecule has 0 radical (unpaired) electrons. The molecule has 23 heavy (non-hydrogen) atoms. The van der Waals surface area contributed by atoms with Crippen molar-refractivity contribution < 1.29 is 4.79 Å². The fourth-order valence-electron chi connectivity index (χ4n) is 3.05. The molecule has 5 nitrogen and oxygen atoms in total. The second kappa shape index (κ2) is 7.57. The zero-order valence-corrected chi connectivity index (χ0v) is 13.9. The Morgan fingerprint density at radius 2 is 2.04 bits per heavy atom. The number of hydrogen-bond donors (Lipinski definition) is 2. The first-order chi connectivity index (χ1) is 11.2. The van der Waals surface area contributed by atoms with Crippen molar-refractivity contribution in [1.29, 1.82) is 0 Å². The molecule has 0 saturated carbocycles. The zero-order valence-electron chi connectivity index (χ0n) is 13.1. The monoisotopic (exact) mass is 330 g/mol. The number of amides is 1. The lowest BCUT2D eigenvalue weighted by atomic mass is 9.89. The third-order valence-corrected chi connectivity index (χ3v) is 5.06. The number of nitrogen functional groups attached to an aromatic ring is 1. The predicted octanol–water partition coefficient (Wildman–Crippen LogP) is 2.33. The van der Waals surface area contributed by atoms with Gasteiger partial charge in [-0.05, 0) is 48.9 Å². The van der Waals surface area contributed by atoms with Gasteiger partial charge in [0.2, 0.25) is 0 Å². The maximum absolute atomic E-state index is 12.0. The van der Waals surface area contributed by atoms with Gasteiger partial charge in [0.25, 0.3) is 5.91 Å². The fraction of sp³-hybridized carbons (Fsp3) is 0.412. The molecule has 1 fully saturated rings. The van der Waals surface area contributed by atoms with Crippen LogP contribution in [0.4, 0.5) is 5.82 Å². The molecule has 1 aromatic heterocycles. The van der Waals surface area contributed by atoms with Crippen LogP contribution in [-0.4, -0.2) is 41.4 Å². The summed E-state index contributed by atoms with van der Waals surface area (Å²) in [6.45, 7) is 3.68. The van der Waals surface area contributed by atoms with Gasteiger partial charge in [0.1, 0.15) is 5.82 Å². The number of anilines is 1. The highest BCUT2D eigenvalue weighted by atomic mass is 32.1. The van der Waals surface area contributed by atoms with Crippen LogP contribution in [0.2, 0.25) is 0 Å². The van der Waals surface area contributed by atoms with E-state index in [9.17, 15) is 4.79 Å². The molecule has 1 aliphatic heterocycles. The van der Waals surface area contributed by atoms with Crippen LogP contribution in [0.1, 0.15) is 34.7 Å². The molecule has 6 heteroatoms. The number of nitrogens with two attached hydrogens (primary N) is 1. The van der Waals surface area contributed by atoms with Crippen molar-refractivity contribution in [3.05, 3.63) is 46.8 Å². The van der Waals surface area contributed by atoms with Gasteiger partial charge in [-0.1, -0.05) is 30.3 Å². The number of carbonyl (C=O) groups excluding carboxylic acids is 1. The van der Waals surface area contributed by atoms with Crippen LogP contribution >= 0.6 is 11.5 Å². The maximum Gasteiger partial charge on any atom is 0.255 e. The highest BCUT2D eigenvalue weighted by Gasteiger charge is 2.20. The lowest BCUT2D eigenvalue weighted by molar-refractivity contribution is 0.0947. The zero-order chi connectivity index (χ0) is 16.1. The van der Waals surface area contributed by atoms with Gasteiger partial charge in [-0.25, -0.2) is 0 Å². The first-order valence-corrected chi connectivity index (χ1v) is 8.83. The van der Waals surface area contributed by atoms with Gasteiger partial charge in [0.05, 0.1) is 5.56 Å². The molecule has 1 saturated heterocycles. The fourth-order valence-corrected chi connectivity index (χ4v) is 3.65. The molecule has 0 aliphatic carbocycles. The lowest BCUT2D eigenvalue weighted by Gasteiger charge is -2.32. The summed E-state index contributed by atoms with van der Waals surface area (Å²) in [5, 5.41) is 4.61. The minimum atomic E-state index is -0.129. The van der Waals surface area contributed by atoms with Gasteiger partial charge in [-0.15, -0.1) is 0 Å². The number of likely N-dealkylation sites (tertiary alicyclic amines) is 1. The van der Waals surface area contributed by atoms with Gasteiger partial charge in [-0.2, -0.15) is 4.37 Å². The van der Waals surface area contributed by atoms with Crippen molar-refractivity contribution in [2.45, 2.75) is 18.8 Å². The molecule has 1 aliphatic rings. The Morgan fingerprint density at radius 1 is 1.30 bits per heavy atom. The van der Waals surface area contributed by atoms with Crippen LogP contribution in [0.15, 0.2) is 35.7 Å². The largest absolute Gasteiger partial charge is 0.382 e. The highest BCUT2D eigenvalue weighted by molar-refractivity contribution is 7.04. The third kappa shape index (κ3) is 4.09. The molecule has 0 atom stereocenters. The number of nitrogens with zero attached hydrogens (tertiary/aromatic N) is 2. The first-order valence-electron chi connectivity index (χ1n) is 7.99. The molecule has 3 rings (SSSR count). The molecular weight excluding hydrogens is 308 g/mol. The number of nitrogens with one attached hydrogen (secondary N) is 1. The Hall–Kier alpha value is -1.92. The Balaban J connectivity index is 1.40. The van der Waals surface area contributed by atoms with Crippen LogP contribution < -0.4 is 11.1 Å². The average molecular weight is 330 g/mol. The van der Waals surface area contributed by atoms with Crippen LogP contribution in [0.5, 0.6) is 0 Å². The summed E-state index contributed by atoms with van der Waals surface area (Å²) in [5.74, 6) is 0.852. The molecule has 2 heterocycles. The van der Waals surface area contributed by atoms with Gasteiger partial charge < -0.3 is 16.0 Å². The van der Waals surface area contributed by atoms with Gasteiger partial charge in [0.15, 0.2) is 0 Å². The molecule has 0 unspecified atom stereocenters. The van der Waals surface area contributed by atoms with Gasteiger partial charge >= 0.3 is 0 Å². The second-order valence-corrected chi connectivity index (χ2v) is 6.53. The third-order valence-electron chi connectivity index (χ3n) is 4.41. The van der Waals surface area contributed by atoms with E-state index in [1.54, 1.807) is 5.38 Å². The smallest absolute Gasteiger partial charge is 0.255 e. The molecule has 0 spiro atoms. The number of hydrogen-bond acceptors (Lipinski definition) is 5. The van der Waals surface area contributed by atoms with E-state index >= 15 is 0 Å². The van der Waals surface area contributed by atoms with Crippen LogP contribution in [0.25, 0.3) is 0 Å². The highest BCUT2D eigenvalue weighted by Crippen LogP contribution is 2.27. The van der Waals surface area contributed by atoms with E-state index in [-0.39, 0.29) is 5.91 Å². The van der Waals surface area contributed by atoms with Crippen molar-refractivity contribution >= 4 is 23.3 Å². The Morgan fingerprint density at radius 3 is 2.70 bits per heavy atom. The van der Waals surface area contributed by atoms with Crippen molar-refractivity contribution in [2.75, 3.05) is 31.9 Å². The van der Waals surface area contributed by atoms with E-state index in [2.05, 4.69) is 44.9 Å². The van der Waals surface area contributed by atoms with Crippen LogP contribution in [-0.2, 0) is 0 Å². The molecule has 0 bridgehead atoms. The molecule has 1 aromatic carbocycles. The van der Waals surface area contributed by atoms with Crippen molar-refractivity contribution in [3.8, 4) is 0 Å². The Bertz CT molecular complexity index is 635. The van der Waals surface area contributed by atoms with E-state index in [0.717, 1.165) is 19.6 Å². The van der Waals surface area contributed by atoms with Gasteiger partial charge in [-0.3, -0.25) is 4.79 Å². The van der Waals surface area contributed by atoms with Crippen LogP contribution in [0.3, 0.4) is 0 Å². The van der Waals surface area contributed by atoms with Crippen molar-refractivity contribution in [2.24, 2.45) is 0 Å². The normalized spacial score (nSPS) is 16.3. The average Bonchev–Trinajstić information content (AvgIpc) is 3.02. The van der Waals surface area contributed by atoms with Crippen LogP contribution in [0, 0.1) is 0 Å². The molecule has 2 aromatic rings. The standard InChI is InChI=1S/C17H22N4OS/c18-16-15(12-23-20-16)17(22)19-8-11-21-9-6-14(7-10-21)13-4-2-1-3-5-13/h1-5,12,14H,6-11H2,(H2,18,20)(H,19,22). The summed E-state index contributed by atoms with van der Waals surface area (Å²) >= 11 is 1.21. The first kappa shape index (κ1) is 16.0. The number of carbonyl (C=O) groups is 1. The van der Waals surface area contributed by atoms with Crippen molar-refractivity contribution in [1.82, 2.24) is 14.6 Å². The topological polar surface area (TPSA) is 71.2 Å². The van der Waals surface area contributed by atoms with E-state index in [1.165, 1.54) is 29.9 Å². The number of benzene rings is 1. The quantitative estimate of drug-likeness (QED) is 0.883. The number of rotatable bonds is 5. The summed E-state index contributed by atoms with van der Waals surface area (Å²) < 4.78 is 3.92. The molecule has 1 amide bonds.